The highest BCUT2D eigenvalue weighted by molar-refractivity contribution is 5.99. The molecule has 0 aromatic heterocycles. The summed E-state index contributed by atoms with van der Waals surface area (Å²) in [5, 5.41) is 2.72. The zero-order chi connectivity index (χ0) is 20.7. The summed E-state index contributed by atoms with van der Waals surface area (Å²) in [6.07, 6.45) is 0.179. The fourth-order valence-electron chi connectivity index (χ4n) is 2.84. The van der Waals surface area contributed by atoms with E-state index in [0.717, 1.165) is 16.7 Å². The molecular weight excluding hydrogens is 354 g/mol. The van der Waals surface area contributed by atoms with Crippen LogP contribution in [-0.2, 0) is 20.7 Å². The van der Waals surface area contributed by atoms with Gasteiger partial charge in [0.15, 0.2) is 6.61 Å². The number of carbonyl (C=O) groups is 3. The van der Waals surface area contributed by atoms with Gasteiger partial charge in [-0.25, -0.2) is 4.79 Å². The molecule has 0 fully saturated rings. The van der Waals surface area contributed by atoms with Crippen molar-refractivity contribution in [1.29, 1.82) is 0 Å². The molecule has 1 amide bonds. The third-order valence-electron chi connectivity index (χ3n) is 4.48. The molecular formula is C23H27NO4. The van der Waals surface area contributed by atoms with Crippen LogP contribution in [0.25, 0.3) is 0 Å². The molecule has 2 rings (SSSR count). The Balaban J connectivity index is 1.96. The zero-order valence-electron chi connectivity index (χ0n) is 16.8. The first-order valence-corrected chi connectivity index (χ1v) is 9.38. The number of hydrogen-bond acceptors (Lipinski definition) is 4. The number of hydrogen-bond donors (Lipinski definition) is 1. The lowest BCUT2D eigenvalue weighted by molar-refractivity contribution is -0.148. The minimum absolute atomic E-state index is 0.164. The number of ketones is 1. The Morgan fingerprint density at radius 2 is 1.68 bits per heavy atom. The van der Waals surface area contributed by atoms with Gasteiger partial charge in [-0.3, -0.25) is 9.59 Å². The standard InChI is InChI=1S/C23H27NO4/c1-15(2)22(24-21(26)13-18-8-6-5-7-9-18)23(27)28-14-20(25)19-12-16(3)10-11-17(19)4/h5-12,15,22H,13-14H2,1-4H3,(H,24,26)/t22-/m0/s1. The number of benzene rings is 2. The number of nitrogens with one attached hydrogen (secondary N) is 1. The largest absolute Gasteiger partial charge is 0.456 e. The van der Waals surface area contributed by atoms with Crippen LogP contribution in [0.5, 0.6) is 0 Å². The lowest BCUT2D eigenvalue weighted by atomic mass is 10.0. The monoisotopic (exact) mass is 381 g/mol. The summed E-state index contributed by atoms with van der Waals surface area (Å²) in [4.78, 5) is 37.2. The first-order chi connectivity index (χ1) is 13.3. The Morgan fingerprint density at radius 1 is 1.00 bits per heavy atom. The molecule has 0 saturated carbocycles. The third kappa shape index (κ3) is 6.05. The zero-order valence-corrected chi connectivity index (χ0v) is 16.8. The minimum atomic E-state index is -0.803. The quantitative estimate of drug-likeness (QED) is 0.562. The molecule has 0 unspecified atom stereocenters. The molecule has 0 saturated heterocycles. The molecule has 0 aliphatic rings. The molecule has 1 atom stereocenters. The second-order valence-electron chi connectivity index (χ2n) is 7.30. The minimum Gasteiger partial charge on any atom is -0.456 e. The van der Waals surface area contributed by atoms with Crippen LogP contribution in [0.1, 0.15) is 40.9 Å². The van der Waals surface area contributed by atoms with E-state index in [0.29, 0.717) is 5.56 Å². The maximum atomic E-state index is 12.5. The van der Waals surface area contributed by atoms with E-state index in [1.807, 2.05) is 70.2 Å². The number of rotatable bonds is 8. The number of aryl methyl sites for hydroxylation is 2. The topological polar surface area (TPSA) is 72.5 Å². The van der Waals surface area contributed by atoms with Crippen LogP contribution in [0.4, 0.5) is 0 Å². The number of Topliss-reactive ketones (excluding diaryl/α,β-unsaturated/α-hetero) is 1. The highest BCUT2D eigenvalue weighted by Gasteiger charge is 2.26. The van der Waals surface area contributed by atoms with Crippen molar-refractivity contribution in [3.05, 3.63) is 70.8 Å². The molecule has 28 heavy (non-hydrogen) atoms. The van der Waals surface area contributed by atoms with Gasteiger partial charge in [0.05, 0.1) is 6.42 Å². The van der Waals surface area contributed by atoms with Crippen molar-refractivity contribution < 1.29 is 19.1 Å². The first kappa shape index (κ1) is 21.4. The summed E-state index contributed by atoms with van der Waals surface area (Å²) in [7, 11) is 0. The third-order valence-corrected chi connectivity index (χ3v) is 4.48. The van der Waals surface area contributed by atoms with Crippen LogP contribution in [0.2, 0.25) is 0 Å². The van der Waals surface area contributed by atoms with Gasteiger partial charge in [-0.2, -0.15) is 0 Å². The maximum absolute atomic E-state index is 12.5. The highest BCUT2D eigenvalue weighted by Crippen LogP contribution is 2.12. The van der Waals surface area contributed by atoms with E-state index in [2.05, 4.69) is 5.32 Å². The summed E-state index contributed by atoms with van der Waals surface area (Å²) >= 11 is 0. The summed E-state index contributed by atoms with van der Waals surface area (Å²) in [6, 6.07) is 14.1. The van der Waals surface area contributed by atoms with Crippen LogP contribution in [0, 0.1) is 19.8 Å². The van der Waals surface area contributed by atoms with Gasteiger partial charge in [0.25, 0.3) is 0 Å². The fraction of sp³-hybridized carbons (Fsp3) is 0.348. The predicted octanol–water partition coefficient (Wildman–Crippen LogP) is 3.41. The van der Waals surface area contributed by atoms with Crippen molar-refractivity contribution >= 4 is 17.7 Å². The van der Waals surface area contributed by atoms with E-state index >= 15 is 0 Å². The Morgan fingerprint density at radius 3 is 2.32 bits per heavy atom. The van der Waals surface area contributed by atoms with E-state index < -0.39 is 12.0 Å². The molecule has 0 spiro atoms. The van der Waals surface area contributed by atoms with Gasteiger partial charge in [0, 0.05) is 5.56 Å². The molecule has 2 aromatic rings. The molecule has 5 heteroatoms. The molecule has 0 radical (unpaired) electrons. The molecule has 2 aromatic carbocycles. The predicted molar refractivity (Wildman–Crippen MR) is 108 cm³/mol. The summed E-state index contributed by atoms with van der Waals surface area (Å²) in [6.45, 7) is 7.04. The van der Waals surface area contributed by atoms with Gasteiger partial charge >= 0.3 is 5.97 Å². The van der Waals surface area contributed by atoms with Crippen molar-refractivity contribution in [1.82, 2.24) is 5.32 Å². The van der Waals surface area contributed by atoms with Gasteiger partial charge in [0.1, 0.15) is 6.04 Å². The summed E-state index contributed by atoms with van der Waals surface area (Å²) in [5.41, 5.74) is 3.21. The van der Waals surface area contributed by atoms with Crippen LogP contribution < -0.4 is 5.32 Å². The van der Waals surface area contributed by atoms with Gasteiger partial charge in [0.2, 0.25) is 11.7 Å². The molecule has 0 bridgehead atoms. The number of carbonyl (C=O) groups excluding carboxylic acids is 3. The molecule has 5 nitrogen and oxygen atoms in total. The lowest BCUT2D eigenvalue weighted by Gasteiger charge is -2.21. The normalized spacial score (nSPS) is 11.8. The SMILES string of the molecule is Cc1ccc(C)c(C(=O)COC(=O)[C@@H](NC(=O)Cc2ccccc2)C(C)C)c1. The van der Waals surface area contributed by atoms with Crippen molar-refractivity contribution in [3.8, 4) is 0 Å². The van der Waals surface area contributed by atoms with Crippen molar-refractivity contribution in [2.45, 2.75) is 40.2 Å². The van der Waals surface area contributed by atoms with E-state index in [1.54, 1.807) is 6.07 Å². The first-order valence-electron chi connectivity index (χ1n) is 9.38. The second-order valence-corrected chi connectivity index (χ2v) is 7.30. The van der Waals surface area contributed by atoms with Gasteiger partial charge in [-0.15, -0.1) is 0 Å². The average molecular weight is 381 g/mol. The molecule has 1 N–H and O–H groups in total. The summed E-state index contributed by atoms with van der Waals surface area (Å²) in [5.74, 6) is -1.28. The molecule has 0 heterocycles. The van der Waals surface area contributed by atoms with Crippen LogP contribution in [0.3, 0.4) is 0 Å². The van der Waals surface area contributed by atoms with Gasteiger partial charge < -0.3 is 10.1 Å². The number of amides is 1. The molecule has 0 aliphatic carbocycles. The van der Waals surface area contributed by atoms with Crippen LogP contribution in [0.15, 0.2) is 48.5 Å². The van der Waals surface area contributed by atoms with Crippen molar-refractivity contribution in [2.24, 2.45) is 5.92 Å². The highest BCUT2D eigenvalue weighted by atomic mass is 16.5. The average Bonchev–Trinajstić information content (AvgIpc) is 2.66. The van der Waals surface area contributed by atoms with Crippen LogP contribution >= 0.6 is 0 Å². The molecule has 148 valence electrons. The second kappa shape index (κ2) is 9.83. The number of ether oxygens (including phenoxy) is 1. The van der Waals surface area contributed by atoms with E-state index in [4.69, 9.17) is 4.74 Å². The van der Waals surface area contributed by atoms with E-state index in [1.165, 1.54) is 0 Å². The van der Waals surface area contributed by atoms with Gasteiger partial charge in [-0.05, 0) is 37.0 Å². The smallest absolute Gasteiger partial charge is 0.329 e. The van der Waals surface area contributed by atoms with E-state index in [-0.39, 0.29) is 30.6 Å². The molecule has 0 aliphatic heterocycles. The Bertz CT molecular complexity index is 843. The van der Waals surface area contributed by atoms with Gasteiger partial charge in [-0.1, -0.05) is 61.9 Å². The number of esters is 1. The Kier molecular flexibility index (Phi) is 7.50. The lowest BCUT2D eigenvalue weighted by Crippen LogP contribution is -2.46. The van der Waals surface area contributed by atoms with Crippen molar-refractivity contribution in [3.63, 3.8) is 0 Å². The fourth-order valence-corrected chi connectivity index (χ4v) is 2.84. The maximum Gasteiger partial charge on any atom is 0.329 e. The van der Waals surface area contributed by atoms with E-state index in [9.17, 15) is 14.4 Å². The van der Waals surface area contributed by atoms with Crippen molar-refractivity contribution in [2.75, 3.05) is 6.61 Å². The summed E-state index contributed by atoms with van der Waals surface area (Å²) < 4.78 is 5.22. The van der Waals surface area contributed by atoms with Crippen LogP contribution in [-0.4, -0.2) is 30.3 Å². The Labute approximate surface area is 166 Å². The Hall–Kier alpha value is -2.95.